The highest BCUT2D eigenvalue weighted by Gasteiger charge is 2.23. The van der Waals surface area contributed by atoms with Crippen LogP contribution in [0.3, 0.4) is 0 Å². The summed E-state index contributed by atoms with van der Waals surface area (Å²) in [6, 6.07) is 7.57. The third-order valence-corrected chi connectivity index (χ3v) is 5.19. The summed E-state index contributed by atoms with van der Waals surface area (Å²) in [5, 5.41) is 2.90. The maximum atomic E-state index is 12.5. The van der Waals surface area contributed by atoms with Crippen molar-refractivity contribution in [3.8, 4) is 0 Å². The van der Waals surface area contributed by atoms with Crippen LogP contribution >= 0.6 is 0 Å². The first kappa shape index (κ1) is 18.7. The molecule has 2 fully saturated rings. The number of aromatic nitrogens is 2. The van der Waals surface area contributed by atoms with Crippen molar-refractivity contribution in [2.24, 2.45) is 0 Å². The second-order valence-electron chi connectivity index (χ2n) is 7.62. The number of pyridine rings is 2. The van der Waals surface area contributed by atoms with Gasteiger partial charge in [0.05, 0.1) is 29.7 Å². The minimum absolute atomic E-state index is 0.171. The summed E-state index contributed by atoms with van der Waals surface area (Å²) in [7, 11) is 0. The molecule has 7 nitrogen and oxygen atoms in total. The summed E-state index contributed by atoms with van der Waals surface area (Å²) < 4.78 is 5.76. The molecule has 0 aliphatic carbocycles. The number of rotatable bonds is 4. The van der Waals surface area contributed by atoms with Crippen molar-refractivity contribution in [2.45, 2.75) is 38.9 Å². The number of nitrogens with one attached hydrogen (secondary N) is 1. The predicted octanol–water partition coefficient (Wildman–Crippen LogP) is 2.94. The Kier molecular flexibility index (Phi) is 5.43. The molecule has 4 heterocycles. The highest BCUT2D eigenvalue weighted by atomic mass is 16.5. The Hall–Kier alpha value is -2.67. The lowest BCUT2D eigenvalue weighted by molar-refractivity contribution is -0.00546. The average Bonchev–Trinajstić information content (AvgIpc) is 3.23. The Labute approximate surface area is 165 Å². The van der Waals surface area contributed by atoms with Gasteiger partial charge in [-0.3, -0.25) is 4.79 Å². The van der Waals surface area contributed by atoms with Crippen LogP contribution in [0.4, 0.5) is 17.3 Å². The van der Waals surface area contributed by atoms with Crippen molar-refractivity contribution in [2.75, 3.05) is 41.3 Å². The van der Waals surface area contributed by atoms with E-state index in [1.54, 1.807) is 12.4 Å². The molecule has 4 rings (SSSR count). The number of hydrogen-bond acceptors (Lipinski definition) is 6. The Morgan fingerprint density at radius 3 is 2.21 bits per heavy atom. The fourth-order valence-electron chi connectivity index (χ4n) is 3.87. The summed E-state index contributed by atoms with van der Waals surface area (Å²) in [6.07, 6.45) is 6.11. The van der Waals surface area contributed by atoms with Crippen LogP contribution in [-0.4, -0.2) is 54.3 Å². The molecule has 2 atom stereocenters. The molecule has 0 radical (unpaired) electrons. The first-order chi connectivity index (χ1) is 13.6. The average molecular weight is 381 g/mol. The number of carbonyl (C=O) groups excluding carboxylic acids is 1. The van der Waals surface area contributed by atoms with E-state index in [1.165, 1.54) is 12.8 Å². The zero-order valence-corrected chi connectivity index (χ0v) is 16.5. The smallest absolute Gasteiger partial charge is 0.257 e. The molecule has 2 unspecified atom stereocenters. The fraction of sp³-hybridized carbons (Fsp3) is 0.476. The van der Waals surface area contributed by atoms with E-state index < -0.39 is 0 Å². The van der Waals surface area contributed by atoms with Gasteiger partial charge in [-0.05, 0) is 51.0 Å². The van der Waals surface area contributed by atoms with Gasteiger partial charge in [0.15, 0.2) is 0 Å². The lowest BCUT2D eigenvalue weighted by Gasteiger charge is -2.36. The largest absolute Gasteiger partial charge is 0.372 e. The van der Waals surface area contributed by atoms with Crippen LogP contribution in [0.5, 0.6) is 0 Å². The van der Waals surface area contributed by atoms with Crippen molar-refractivity contribution in [1.82, 2.24) is 9.97 Å². The normalized spacial score (nSPS) is 22.4. The molecule has 2 aliphatic heterocycles. The number of morpholine rings is 1. The van der Waals surface area contributed by atoms with Gasteiger partial charge in [0.25, 0.3) is 5.91 Å². The molecule has 0 spiro atoms. The molecule has 28 heavy (non-hydrogen) atoms. The molecule has 148 valence electrons. The molecule has 2 aliphatic rings. The summed E-state index contributed by atoms with van der Waals surface area (Å²) in [5.74, 6) is 1.66. The quantitative estimate of drug-likeness (QED) is 0.878. The van der Waals surface area contributed by atoms with Gasteiger partial charge in [-0.25, -0.2) is 9.97 Å². The first-order valence-corrected chi connectivity index (χ1v) is 9.97. The third-order valence-electron chi connectivity index (χ3n) is 5.19. The molecule has 2 aromatic heterocycles. The molecule has 0 aromatic carbocycles. The van der Waals surface area contributed by atoms with E-state index in [-0.39, 0.29) is 18.1 Å². The van der Waals surface area contributed by atoms with Gasteiger partial charge in [-0.2, -0.15) is 0 Å². The van der Waals surface area contributed by atoms with E-state index in [9.17, 15) is 4.79 Å². The van der Waals surface area contributed by atoms with Crippen LogP contribution in [0, 0.1) is 0 Å². The molecular formula is C21H27N5O2. The summed E-state index contributed by atoms with van der Waals surface area (Å²) in [4.78, 5) is 25.9. The second-order valence-corrected chi connectivity index (χ2v) is 7.62. The minimum Gasteiger partial charge on any atom is -0.372 e. The Balaban J connectivity index is 1.38. The van der Waals surface area contributed by atoms with Crippen molar-refractivity contribution >= 4 is 23.2 Å². The lowest BCUT2D eigenvalue weighted by atomic mass is 10.2. The standard InChI is InChI=1S/C21H27N5O2/c1-15-13-26(14-16(2)28-15)20-7-5-17(11-22-20)21(27)24-18-6-8-19(23-12-18)25-9-3-4-10-25/h5-8,11-12,15-16H,3-4,9-10,13-14H2,1-2H3,(H,24,27). The van der Waals surface area contributed by atoms with Crippen LogP contribution in [-0.2, 0) is 4.74 Å². The molecule has 0 bridgehead atoms. The Morgan fingerprint density at radius 1 is 0.964 bits per heavy atom. The summed E-state index contributed by atoms with van der Waals surface area (Å²) in [5.41, 5.74) is 1.22. The van der Waals surface area contributed by atoms with Crippen molar-refractivity contribution < 1.29 is 9.53 Å². The predicted molar refractivity (Wildman–Crippen MR) is 110 cm³/mol. The minimum atomic E-state index is -0.182. The van der Waals surface area contributed by atoms with Crippen LogP contribution in [0.25, 0.3) is 0 Å². The lowest BCUT2D eigenvalue weighted by Crippen LogP contribution is -2.45. The highest BCUT2D eigenvalue weighted by Crippen LogP contribution is 2.21. The van der Waals surface area contributed by atoms with Gasteiger partial charge in [0.1, 0.15) is 11.6 Å². The number of hydrogen-bond donors (Lipinski definition) is 1. The third kappa shape index (κ3) is 4.25. The molecule has 7 heteroatoms. The van der Waals surface area contributed by atoms with Gasteiger partial charge in [0, 0.05) is 32.4 Å². The number of ether oxygens (including phenoxy) is 1. The monoisotopic (exact) mass is 381 g/mol. The van der Waals surface area contributed by atoms with Crippen molar-refractivity contribution in [3.05, 3.63) is 42.2 Å². The van der Waals surface area contributed by atoms with Gasteiger partial charge in [0.2, 0.25) is 0 Å². The molecule has 0 saturated carbocycles. The zero-order chi connectivity index (χ0) is 19.5. The maximum Gasteiger partial charge on any atom is 0.257 e. The Bertz CT molecular complexity index is 793. The molecule has 1 amide bonds. The van der Waals surface area contributed by atoms with E-state index in [4.69, 9.17) is 4.74 Å². The molecule has 2 saturated heterocycles. The van der Waals surface area contributed by atoms with Crippen LogP contribution in [0.2, 0.25) is 0 Å². The van der Waals surface area contributed by atoms with Crippen LogP contribution in [0.1, 0.15) is 37.0 Å². The number of nitrogens with zero attached hydrogens (tertiary/aromatic N) is 4. The first-order valence-electron chi connectivity index (χ1n) is 9.97. The number of anilines is 3. The molecule has 2 aromatic rings. The van der Waals surface area contributed by atoms with E-state index in [0.29, 0.717) is 11.3 Å². The second kappa shape index (κ2) is 8.14. The van der Waals surface area contributed by atoms with Gasteiger partial charge >= 0.3 is 0 Å². The number of amides is 1. The van der Waals surface area contributed by atoms with E-state index >= 15 is 0 Å². The van der Waals surface area contributed by atoms with Crippen molar-refractivity contribution in [1.29, 1.82) is 0 Å². The van der Waals surface area contributed by atoms with E-state index in [2.05, 4.69) is 38.9 Å². The van der Waals surface area contributed by atoms with Crippen LogP contribution in [0.15, 0.2) is 36.7 Å². The fourth-order valence-corrected chi connectivity index (χ4v) is 3.87. The molecular weight excluding hydrogens is 354 g/mol. The highest BCUT2D eigenvalue weighted by molar-refractivity contribution is 6.04. The SMILES string of the molecule is CC1CN(c2ccc(C(=O)Nc3ccc(N4CCCC4)nc3)cn2)CC(C)O1. The summed E-state index contributed by atoms with van der Waals surface area (Å²) >= 11 is 0. The van der Waals surface area contributed by atoms with Gasteiger partial charge in [-0.1, -0.05) is 0 Å². The van der Waals surface area contributed by atoms with Gasteiger partial charge < -0.3 is 19.9 Å². The Morgan fingerprint density at radius 2 is 1.61 bits per heavy atom. The van der Waals surface area contributed by atoms with Gasteiger partial charge in [-0.15, -0.1) is 0 Å². The van der Waals surface area contributed by atoms with E-state index in [0.717, 1.165) is 37.8 Å². The topological polar surface area (TPSA) is 70.6 Å². The maximum absolute atomic E-state index is 12.5. The molecule has 1 N–H and O–H groups in total. The van der Waals surface area contributed by atoms with Crippen LogP contribution < -0.4 is 15.1 Å². The van der Waals surface area contributed by atoms with Crippen molar-refractivity contribution in [3.63, 3.8) is 0 Å². The van der Waals surface area contributed by atoms with E-state index in [1.807, 2.05) is 24.3 Å². The summed E-state index contributed by atoms with van der Waals surface area (Å²) in [6.45, 7) is 7.84. The zero-order valence-electron chi connectivity index (χ0n) is 16.5. The number of carbonyl (C=O) groups is 1.